The highest BCUT2D eigenvalue weighted by Crippen LogP contribution is 2.36. The van der Waals surface area contributed by atoms with Gasteiger partial charge < -0.3 is 5.32 Å². The van der Waals surface area contributed by atoms with Crippen molar-refractivity contribution in [2.75, 3.05) is 11.9 Å². The minimum Gasteiger partial charge on any atom is -0.321 e. The number of hydrogen-bond donors (Lipinski definition) is 2. The van der Waals surface area contributed by atoms with Crippen LogP contribution in [0.3, 0.4) is 0 Å². The second-order valence-electron chi connectivity index (χ2n) is 6.12. The Hall–Kier alpha value is -2.00. The van der Waals surface area contributed by atoms with E-state index in [0.717, 1.165) is 24.2 Å². The van der Waals surface area contributed by atoms with Crippen molar-refractivity contribution in [3.63, 3.8) is 0 Å². The minimum atomic E-state index is -3.66. The first-order chi connectivity index (χ1) is 13.3. The second-order valence-corrected chi connectivity index (χ2v) is 9.32. The highest BCUT2D eigenvalue weighted by atomic mass is 35.5. The van der Waals surface area contributed by atoms with Crippen molar-refractivity contribution in [2.24, 2.45) is 0 Å². The van der Waals surface area contributed by atoms with Crippen LogP contribution in [-0.4, -0.2) is 20.9 Å². The Morgan fingerprint density at radius 3 is 2.75 bits per heavy atom. The molecule has 0 saturated carbocycles. The molecule has 1 amide bonds. The lowest BCUT2D eigenvalue weighted by Crippen LogP contribution is -2.24. The van der Waals surface area contributed by atoms with Crippen molar-refractivity contribution in [2.45, 2.75) is 24.7 Å². The largest absolute Gasteiger partial charge is 0.321 e. The molecule has 0 unspecified atom stereocenters. The number of halogens is 2. The number of nitrogens with one attached hydrogen (secondary N) is 2. The van der Waals surface area contributed by atoms with Gasteiger partial charge in [0.2, 0.25) is 10.0 Å². The first kappa shape index (κ1) is 20.7. The summed E-state index contributed by atoms with van der Waals surface area (Å²) in [5.74, 6) is -0.897. The Morgan fingerprint density at radius 1 is 1.21 bits per heavy atom. The van der Waals surface area contributed by atoms with Gasteiger partial charge in [-0.05, 0) is 42.8 Å². The number of unbranched alkanes of at least 4 members (excludes halogenated alkanes) is 1. The number of benzene rings is 2. The molecule has 0 aliphatic rings. The lowest BCUT2D eigenvalue weighted by Gasteiger charge is -2.09. The second kappa shape index (κ2) is 8.57. The van der Waals surface area contributed by atoms with Gasteiger partial charge in [-0.3, -0.25) is 4.79 Å². The number of rotatable bonds is 7. The van der Waals surface area contributed by atoms with Gasteiger partial charge in [0.1, 0.15) is 10.7 Å². The molecule has 28 heavy (non-hydrogen) atoms. The lowest BCUT2D eigenvalue weighted by molar-refractivity contribution is 0.103. The summed E-state index contributed by atoms with van der Waals surface area (Å²) in [7, 11) is -3.66. The lowest BCUT2D eigenvalue weighted by atomic mass is 10.2. The molecule has 0 aliphatic carbocycles. The van der Waals surface area contributed by atoms with Crippen molar-refractivity contribution >= 4 is 54.6 Å². The van der Waals surface area contributed by atoms with Gasteiger partial charge >= 0.3 is 0 Å². The highest BCUT2D eigenvalue weighted by Gasteiger charge is 2.19. The van der Waals surface area contributed by atoms with Crippen LogP contribution >= 0.6 is 22.9 Å². The summed E-state index contributed by atoms with van der Waals surface area (Å²) >= 11 is 7.34. The topological polar surface area (TPSA) is 75.3 Å². The highest BCUT2D eigenvalue weighted by molar-refractivity contribution is 7.89. The monoisotopic (exact) mass is 440 g/mol. The molecule has 1 heterocycles. The van der Waals surface area contributed by atoms with Crippen LogP contribution in [0.15, 0.2) is 47.4 Å². The maximum absolute atomic E-state index is 13.4. The predicted octanol–water partition coefficient (Wildman–Crippen LogP) is 5.02. The predicted molar refractivity (Wildman–Crippen MR) is 111 cm³/mol. The van der Waals surface area contributed by atoms with Gasteiger partial charge in [-0.25, -0.2) is 17.5 Å². The zero-order valence-electron chi connectivity index (χ0n) is 15.0. The summed E-state index contributed by atoms with van der Waals surface area (Å²) in [5, 5.41) is 3.49. The normalized spacial score (nSPS) is 11.7. The van der Waals surface area contributed by atoms with Crippen LogP contribution in [0.1, 0.15) is 29.4 Å². The van der Waals surface area contributed by atoms with Crippen molar-refractivity contribution in [3.05, 3.63) is 58.2 Å². The molecule has 0 aliphatic heterocycles. The quantitative estimate of drug-likeness (QED) is 0.506. The zero-order valence-corrected chi connectivity index (χ0v) is 17.3. The Kier molecular flexibility index (Phi) is 6.34. The maximum atomic E-state index is 13.4. The zero-order chi connectivity index (χ0) is 20.3. The van der Waals surface area contributed by atoms with Crippen LogP contribution < -0.4 is 10.0 Å². The molecule has 5 nitrogen and oxygen atoms in total. The number of thiophene rings is 1. The van der Waals surface area contributed by atoms with Crippen LogP contribution in [-0.2, 0) is 10.0 Å². The molecule has 1 aromatic heterocycles. The van der Waals surface area contributed by atoms with Crippen LogP contribution in [0.2, 0.25) is 5.02 Å². The van der Waals surface area contributed by atoms with E-state index in [2.05, 4.69) is 10.0 Å². The van der Waals surface area contributed by atoms with E-state index in [1.807, 2.05) is 6.92 Å². The maximum Gasteiger partial charge on any atom is 0.267 e. The fourth-order valence-electron chi connectivity index (χ4n) is 2.58. The number of amides is 1. The van der Waals surface area contributed by atoms with Crippen molar-refractivity contribution in [1.29, 1.82) is 0 Å². The molecule has 2 aromatic carbocycles. The fourth-order valence-corrected chi connectivity index (χ4v) is 5.14. The van der Waals surface area contributed by atoms with E-state index in [4.69, 9.17) is 11.6 Å². The third kappa shape index (κ3) is 4.52. The fraction of sp³-hybridized carbons (Fsp3) is 0.211. The molecule has 2 N–H and O–H groups in total. The summed E-state index contributed by atoms with van der Waals surface area (Å²) in [6.07, 6.45) is 1.61. The Balaban J connectivity index is 1.82. The third-order valence-corrected chi connectivity index (χ3v) is 7.14. The number of anilines is 1. The van der Waals surface area contributed by atoms with Crippen LogP contribution in [0.5, 0.6) is 0 Å². The van der Waals surface area contributed by atoms with Gasteiger partial charge in [-0.1, -0.05) is 31.0 Å². The van der Waals surface area contributed by atoms with E-state index in [-0.39, 0.29) is 14.8 Å². The number of carbonyl (C=O) groups is 1. The summed E-state index contributed by atoms with van der Waals surface area (Å²) < 4.78 is 41.2. The third-order valence-electron chi connectivity index (χ3n) is 4.02. The molecule has 0 spiro atoms. The molecule has 148 valence electrons. The van der Waals surface area contributed by atoms with E-state index in [1.54, 1.807) is 12.1 Å². The molecule has 9 heteroatoms. The van der Waals surface area contributed by atoms with Gasteiger partial charge in [0, 0.05) is 22.3 Å². The Bertz CT molecular complexity index is 1130. The Labute approximate surface area is 171 Å². The average Bonchev–Trinajstić information content (AvgIpc) is 2.98. The van der Waals surface area contributed by atoms with E-state index in [9.17, 15) is 17.6 Å². The van der Waals surface area contributed by atoms with E-state index >= 15 is 0 Å². The van der Waals surface area contributed by atoms with E-state index < -0.39 is 21.7 Å². The summed E-state index contributed by atoms with van der Waals surface area (Å²) in [6, 6.07) is 10.1. The van der Waals surface area contributed by atoms with E-state index in [0.29, 0.717) is 22.3 Å². The molecular formula is C19H18ClFN2O3S2. The standard InChI is InChI=1S/C19H18ClFN2O3S2/c1-2-3-9-22-28(25,26)14-6-4-5-13(11-14)23-19(24)18-17(20)15-8-7-12(21)10-16(15)27-18/h4-8,10-11,22H,2-3,9H2,1H3,(H,23,24). The SMILES string of the molecule is CCCCNS(=O)(=O)c1cccc(NC(=O)c2sc3cc(F)ccc3c2Cl)c1. The first-order valence-electron chi connectivity index (χ1n) is 8.60. The minimum absolute atomic E-state index is 0.0610. The van der Waals surface area contributed by atoms with Gasteiger partial charge in [0.15, 0.2) is 0 Å². The van der Waals surface area contributed by atoms with Gasteiger partial charge in [0.25, 0.3) is 5.91 Å². The van der Waals surface area contributed by atoms with Gasteiger partial charge in [-0.15, -0.1) is 11.3 Å². The summed E-state index contributed by atoms with van der Waals surface area (Å²) in [5.41, 5.74) is 0.322. The van der Waals surface area contributed by atoms with Crippen LogP contribution in [0.25, 0.3) is 10.1 Å². The molecule has 0 radical (unpaired) electrons. The summed E-state index contributed by atoms with van der Waals surface area (Å²) in [6.45, 7) is 2.32. The van der Waals surface area contributed by atoms with Crippen molar-refractivity contribution in [3.8, 4) is 0 Å². The molecule has 0 bridgehead atoms. The molecule has 3 aromatic rings. The first-order valence-corrected chi connectivity index (χ1v) is 11.3. The van der Waals surface area contributed by atoms with Crippen molar-refractivity contribution < 1.29 is 17.6 Å². The summed E-state index contributed by atoms with van der Waals surface area (Å²) in [4.78, 5) is 12.9. The number of fused-ring (bicyclic) bond motifs is 1. The van der Waals surface area contributed by atoms with Gasteiger partial charge in [0.05, 0.1) is 9.92 Å². The molecule has 0 fully saturated rings. The Morgan fingerprint density at radius 2 is 2.00 bits per heavy atom. The van der Waals surface area contributed by atoms with Crippen molar-refractivity contribution in [1.82, 2.24) is 4.72 Å². The molecular weight excluding hydrogens is 423 g/mol. The molecule has 0 saturated heterocycles. The smallest absolute Gasteiger partial charge is 0.267 e. The van der Waals surface area contributed by atoms with Gasteiger partial charge in [-0.2, -0.15) is 0 Å². The van der Waals surface area contributed by atoms with Crippen LogP contribution in [0, 0.1) is 5.82 Å². The van der Waals surface area contributed by atoms with E-state index in [1.165, 1.54) is 30.3 Å². The number of sulfonamides is 1. The molecule has 3 rings (SSSR count). The number of carbonyl (C=O) groups excluding carboxylic acids is 1. The number of hydrogen-bond acceptors (Lipinski definition) is 4. The van der Waals surface area contributed by atoms with Crippen LogP contribution in [0.4, 0.5) is 10.1 Å². The molecule has 0 atom stereocenters. The average molecular weight is 441 g/mol.